The van der Waals surface area contributed by atoms with E-state index < -0.39 is 0 Å². The van der Waals surface area contributed by atoms with Gasteiger partial charge in [0.05, 0.1) is 0 Å². The number of piperazine rings is 1. The van der Waals surface area contributed by atoms with Crippen LogP contribution in [-0.2, 0) is 0 Å². The predicted molar refractivity (Wildman–Crippen MR) is 80.1 cm³/mol. The lowest BCUT2D eigenvalue weighted by Crippen LogP contribution is -2.49. The maximum Gasteiger partial charge on any atom is 0.0110 e. The molecular formula is C15H33N3. The molecule has 18 heavy (non-hydrogen) atoms. The average Bonchev–Trinajstić information content (AvgIpc) is 2.31. The summed E-state index contributed by atoms with van der Waals surface area (Å²) >= 11 is 0. The quantitative estimate of drug-likeness (QED) is 0.716. The van der Waals surface area contributed by atoms with E-state index in [0.717, 1.165) is 12.5 Å². The third kappa shape index (κ3) is 6.72. The van der Waals surface area contributed by atoms with Crippen LogP contribution in [0.2, 0.25) is 0 Å². The molecule has 1 unspecified atom stereocenters. The fraction of sp³-hybridized carbons (Fsp3) is 1.00. The molecule has 0 amide bonds. The number of nitrogens with one attached hydrogen (secondary N) is 1. The van der Waals surface area contributed by atoms with E-state index in [1.54, 1.807) is 0 Å². The molecule has 3 heteroatoms. The first-order chi connectivity index (χ1) is 8.61. The van der Waals surface area contributed by atoms with E-state index >= 15 is 0 Å². The van der Waals surface area contributed by atoms with Crippen molar-refractivity contribution in [3.63, 3.8) is 0 Å². The first-order valence-electron chi connectivity index (χ1n) is 7.80. The van der Waals surface area contributed by atoms with Gasteiger partial charge in [-0.05, 0) is 19.3 Å². The Morgan fingerprint density at radius 3 is 2.17 bits per heavy atom. The summed E-state index contributed by atoms with van der Waals surface area (Å²) in [5.74, 6) is 0.799. The minimum Gasteiger partial charge on any atom is -0.313 e. The molecule has 1 atom stereocenters. The van der Waals surface area contributed by atoms with Crippen LogP contribution in [0.3, 0.4) is 0 Å². The molecule has 0 aromatic rings. The van der Waals surface area contributed by atoms with E-state index in [0.29, 0.717) is 6.04 Å². The zero-order valence-electron chi connectivity index (χ0n) is 12.9. The Kier molecular flexibility index (Phi) is 7.87. The summed E-state index contributed by atoms with van der Waals surface area (Å²) in [6.07, 6.45) is 2.57. The normalized spacial score (nSPS) is 20.5. The lowest BCUT2D eigenvalue weighted by Gasteiger charge is -2.35. The number of hydrogen-bond donors (Lipinski definition) is 1. The molecule has 1 N–H and O–H groups in total. The van der Waals surface area contributed by atoms with Crippen LogP contribution in [0.4, 0.5) is 0 Å². The summed E-state index contributed by atoms with van der Waals surface area (Å²) < 4.78 is 0. The molecule has 0 spiro atoms. The lowest BCUT2D eigenvalue weighted by atomic mass is 10.2. The first kappa shape index (κ1) is 15.9. The van der Waals surface area contributed by atoms with Gasteiger partial charge in [-0.15, -0.1) is 0 Å². The second-order valence-corrected chi connectivity index (χ2v) is 6.18. The molecule has 3 nitrogen and oxygen atoms in total. The van der Waals surface area contributed by atoms with Gasteiger partial charge in [0.1, 0.15) is 0 Å². The highest BCUT2D eigenvalue weighted by molar-refractivity contribution is 4.73. The summed E-state index contributed by atoms with van der Waals surface area (Å²) in [6.45, 7) is 17.8. The summed E-state index contributed by atoms with van der Waals surface area (Å²) in [5, 5.41) is 3.62. The van der Waals surface area contributed by atoms with E-state index in [-0.39, 0.29) is 0 Å². The van der Waals surface area contributed by atoms with Gasteiger partial charge in [0.25, 0.3) is 0 Å². The van der Waals surface area contributed by atoms with Gasteiger partial charge < -0.3 is 10.2 Å². The van der Waals surface area contributed by atoms with Crippen molar-refractivity contribution in [2.75, 3.05) is 45.8 Å². The van der Waals surface area contributed by atoms with E-state index in [1.165, 1.54) is 52.1 Å². The zero-order chi connectivity index (χ0) is 13.4. The molecule has 0 aromatic heterocycles. The fourth-order valence-corrected chi connectivity index (χ4v) is 2.72. The largest absolute Gasteiger partial charge is 0.313 e. The molecule has 1 fully saturated rings. The Bertz CT molecular complexity index is 198. The standard InChI is InChI=1S/C15H33N3/c1-5-6-15(4)16-7-8-17-9-11-18(12-10-17)13-14(2)3/h14-16H,5-13H2,1-4H3. The molecule has 1 aliphatic rings. The number of hydrogen-bond acceptors (Lipinski definition) is 3. The second kappa shape index (κ2) is 8.89. The van der Waals surface area contributed by atoms with Crippen molar-refractivity contribution in [2.24, 2.45) is 5.92 Å². The molecular weight excluding hydrogens is 222 g/mol. The molecule has 1 aliphatic heterocycles. The van der Waals surface area contributed by atoms with Gasteiger partial charge in [0.15, 0.2) is 0 Å². The molecule has 1 rings (SSSR count). The molecule has 0 aliphatic carbocycles. The molecule has 1 heterocycles. The van der Waals surface area contributed by atoms with Crippen LogP contribution in [0.5, 0.6) is 0 Å². The molecule has 0 bridgehead atoms. The Morgan fingerprint density at radius 2 is 1.61 bits per heavy atom. The van der Waals surface area contributed by atoms with Gasteiger partial charge in [-0.2, -0.15) is 0 Å². The van der Waals surface area contributed by atoms with Crippen LogP contribution in [0.15, 0.2) is 0 Å². The SMILES string of the molecule is CCCC(C)NCCN1CCN(CC(C)C)CC1. The molecule has 0 radical (unpaired) electrons. The van der Waals surface area contributed by atoms with Crippen molar-refractivity contribution in [3.8, 4) is 0 Å². The maximum atomic E-state index is 3.62. The molecule has 0 saturated carbocycles. The van der Waals surface area contributed by atoms with Crippen LogP contribution in [0.25, 0.3) is 0 Å². The first-order valence-corrected chi connectivity index (χ1v) is 7.80. The Balaban J connectivity index is 2.05. The number of rotatable bonds is 8. The minimum absolute atomic E-state index is 0.678. The van der Waals surface area contributed by atoms with Gasteiger partial charge in [-0.25, -0.2) is 0 Å². The van der Waals surface area contributed by atoms with Gasteiger partial charge in [0.2, 0.25) is 0 Å². The van der Waals surface area contributed by atoms with E-state index in [2.05, 4.69) is 42.8 Å². The van der Waals surface area contributed by atoms with Crippen LogP contribution < -0.4 is 5.32 Å². The average molecular weight is 255 g/mol. The Labute approximate surface area is 114 Å². The van der Waals surface area contributed by atoms with Crippen molar-refractivity contribution < 1.29 is 0 Å². The summed E-state index contributed by atoms with van der Waals surface area (Å²) in [5.41, 5.74) is 0. The highest BCUT2D eigenvalue weighted by Gasteiger charge is 2.16. The van der Waals surface area contributed by atoms with Crippen LogP contribution in [0, 0.1) is 5.92 Å². The van der Waals surface area contributed by atoms with Crippen molar-refractivity contribution in [2.45, 2.75) is 46.6 Å². The van der Waals surface area contributed by atoms with Gasteiger partial charge in [-0.3, -0.25) is 4.90 Å². The highest BCUT2D eigenvalue weighted by atomic mass is 15.3. The van der Waals surface area contributed by atoms with Crippen molar-refractivity contribution in [3.05, 3.63) is 0 Å². The summed E-state index contributed by atoms with van der Waals surface area (Å²) in [6, 6.07) is 0.678. The Hall–Kier alpha value is -0.120. The summed E-state index contributed by atoms with van der Waals surface area (Å²) in [7, 11) is 0. The minimum atomic E-state index is 0.678. The predicted octanol–water partition coefficient (Wildman–Crippen LogP) is 2.04. The monoisotopic (exact) mass is 255 g/mol. The Morgan fingerprint density at radius 1 is 1.00 bits per heavy atom. The maximum absolute atomic E-state index is 3.62. The van der Waals surface area contributed by atoms with Crippen molar-refractivity contribution in [1.82, 2.24) is 15.1 Å². The van der Waals surface area contributed by atoms with Crippen molar-refractivity contribution >= 4 is 0 Å². The number of nitrogens with zero attached hydrogens (tertiary/aromatic N) is 2. The molecule has 108 valence electrons. The zero-order valence-corrected chi connectivity index (χ0v) is 12.9. The third-order valence-corrected chi connectivity index (χ3v) is 3.73. The lowest BCUT2D eigenvalue weighted by molar-refractivity contribution is 0.122. The third-order valence-electron chi connectivity index (χ3n) is 3.73. The van der Waals surface area contributed by atoms with Crippen molar-refractivity contribution in [1.29, 1.82) is 0 Å². The van der Waals surface area contributed by atoms with E-state index in [9.17, 15) is 0 Å². The van der Waals surface area contributed by atoms with Crippen LogP contribution in [0.1, 0.15) is 40.5 Å². The van der Waals surface area contributed by atoms with Gasteiger partial charge in [-0.1, -0.05) is 27.2 Å². The van der Waals surface area contributed by atoms with E-state index in [1.807, 2.05) is 0 Å². The summed E-state index contributed by atoms with van der Waals surface area (Å²) in [4.78, 5) is 5.21. The van der Waals surface area contributed by atoms with Crippen LogP contribution in [-0.4, -0.2) is 61.7 Å². The highest BCUT2D eigenvalue weighted by Crippen LogP contribution is 2.04. The van der Waals surface area contributed by atoms with Gasteiger partial charge >= 0.3 is 0 Å². The molecule has 0 aromatic carbocycles. The van der Waals surface area contributed by atoms with Gasteiger partial charge in [0, 0.05) is 51.9 Å². The second-order valence-electron chi connectivity index (χ2n) is 6.18. The topological polar surface area (TPSA) is 18.5 Å². The fourth-order valence-electron chi connectivity index (χ4n) is 2.72. The smallest absolute Gasteiger partial charge is 0.0110 e. The molecule has 1 saturated heterocycles. The van der Waals surface area contributed by atoms with E-state index in [4.69, 9.17) is 0 Å². The van der Waals surface area contributed by atoms with Crippen LogP contribution >= 0.6 is 0 Å².